The molecule has 0 aliphatic heterocycles. The number of nitriles is 1. The minimum Gasteiger partial charge on any atom is -0.399 e. The summed E-state index contributed by atoms with van der Waals surface area (Å²) in [6.45, 7) is 2.53. The van der Waals surface area contributed by atoms with E-state index in [0.29, 0.717) is 35.1 Å². The Morgan fingerprint density at radius 1 is 1.21 bits per heavy atom. The molecule has 28 heavy (non-hydrogen) atoms. The summed E-state index contributed by atoms with van der Waals surface area (Å²) in [6.07, 6.45) is 3.33. The second-order valence-corrected chi connectivity index (χ2v) is 6.42. The van der Waals surface area contributed by atoms with Crippen LogP contribution in [0.5, 0.6) is 0 Å². The lowest BCUT2D eigenvalue weighted by Gasteiger charge is -2.09. The highest BCUT2D eigenvalue weighted by molar-refractivity contribution is 5.90. The van der Waals surface area contributed by atoms with E-state index in [4.69, 9.17) is 5.73 Å². The van der Waals surface area contributed by atoms with Crippen molar-refractivity contribution in [3.8, 4) is 17.5 Å². The number of nitrogens with zero attached hydrogens (tertiary/aromatic N) is 6. The average Bonchev–Trinajstić information content (AvgIpc) is 3.12. The van der Waals surface area contributed by atoms with Gasteiger partial charge in [0.15, 0.2) is 5.65 Å². The van der Waals surface area contributed by atoms with Crippen molar-refractivity contribution in [2.24, 2.45) is 0 Å². The Labute approximate surface area is 161 Å². The van der Waals surface area contributed by atoms with Crippen LogP contribution >= 0.6 is 0 Å². The lowest BCUT2D eigenvalue weighted by atomic mass is 10.1. The van der Waals surface area contributed by atoms with E-state index in [1.165, 1.54) is 0 Å². The molecule has 0 atom stereocenters. The SMILES string of the molecule is CNc1nc(-c2cc(C#N)ccn2)c2cnn(Cc3ccc(N)c(C)c3)c2n1. The zero-order valence-corrected chi connectivity index (χ0v) is 15.5. The molecule has 0 unspecified atom stereocenters. The van der Waals surface area contributed by atoms with Gasteiger partial charge in [0.1, 0.15) is 5.69 Å². The molecule has 3 aromatic heterocycles. The van der Waals surface area contributed by atoms with E-state index in [2.05, 4.69) is 31.4 Å². The van der Waals surface area contributed by atoms with E-state index in [0.717, 1.165) is 22.2 Å². The van der Waals surface area contributed by atoms with Gasteiger partial charge in [0.25, 0.3) is 0 Å². The lowest BCUT2D eigenvalue weighted by molar-refractivity contribution is 0.704. The number of aryl methyl sites for hydroxylation is 1. The summed E-state index contributed by atoms with van der Waals surface area (Å²) in [5.74, 6) is 0.460. The third kappa shape index (κ3) is 3.10. The number of nitrogens with two attached hydrogens (primary N) is 1. The lowest BCUT2D eigenvalue weighted by Crippen LogP contribution is -2.06. The number of pyridine rings is 1. The first-order valence-corrected chi connectivity index (χ1v) is 8.72. The van der Waals surface area contributed by atoms with Gasteiger partial charge in [-0.3, -0.25) is 4.98 Å². The molecule has 0 radical (unpaired) electrons. The van der Waals surface area contributed by atoms with Crippen LogP contribution in [0.25, 0.3) is 22.4 Å². The van der Waals surface area contributed by atoms with Crippen LogP contribution in [0, 0.1) is 18.3 Å². The summed E-state index contributed by atoms with van der Waals surface area (Å²) >= 11 is 0. The molecule has 1 aromatic carbocycles. The largest absolute Gasteiger partial charge is 0.399 e. The van der Waals surface area contributed by atoms with Gasteiger partial charge in [-0.05, 0) is 36.2 Å². The fourth-order valence-electron chi connectivity index (χ4n) is 3.02. The zero-order valence-electron chi connectivity index (χ0n) is 15.5. The van der Waals surface area contributed by atoms with Gasteiger partial charge in [0.05, 0.1) is 35.5 Å². The normalized spacial score (nSPS) is 10.8. The molecule has 0 aliphatic carbocycles. The number of aromatic nitrogens is 5. The summed E-state index contributed by atoms with van der Waals surface area (Å²) in [5.41, 5.74) is 11.2. The van der Waals surface area contributed by atoms with Crippen LogP contribution in [-0.2, 0) is 6.54 Å². The van der Waals surface area contributed by atoms with Crippen molar-refractivity contribution in [3.05, 3.63) is 59.4 Å². The number of fused-ring (bicyclic) bond motifs is 1. The maximum Gasteiger partial charge on any atom is 0.225 e. The Bertz CT molecular complexity index is 1220. The molecule has 0 fully saturated rings. The first kappa shape index (κ1) is 17.4. The van der Waals surface area contributed by atoms with Crippen molar-refractivity contribution in [1.82, 2.24) is 24.7 Å². The predicted molar refractivity (Wildman–Crippen MR) is 108 cm³/mol. The van der Waals surface area contributed by atoms with Gasteiger partial charge in [-0.2, -0.15) is 15.3 Å². The summed E-state index contributed by atoms with van der Waals surface area (Å²) in [6, 6.07) is 11.4. The molecular weight excluding hydrogens is 352 g/mol. The van der Waals surface area contributed by atoms with E-state index in [1.54, 1.807) is 31.6 Å². The zero-order chi connectivity index (χ0) is 19.7. The first-order valence-electron chi connectivity index (χ1n) is 8.72. The number of rotatable bonds is 4. The van der Waals surface area contributed by atoms with Crippen molar-refractivity contribution in [3.63, 3.8) is 0 Å². The molecular formula is C20H18N8. The van der Waals surface area contributed by atoms with Crippen LogP contribution in [0.15, 0.2) is 42.7 Å². The molecule has 0 saturated carbocycles. The number of benzene rings is 1. The summed E-state index contributed by atoms with van der Waals surface area (Å²) < 4.78 is 1.82. The van der Waals surface area contributed by atoms with Gasteiger partial charge >= 0.3 is 0 Å². The number of nitrogens with one attached hydrogen (secondary N) is 1. The Morgan fingerprint density at radius 2 is 2.07 bits per heavy atom. The van der Waals surface area contributed by atoms with Crippen LogP contribution in [0.2, 0.25) is 0 Å². The van der Waals surface area contributed by atoms with E-state index >= 15 is 0 Å². The highest BCUT2D eigenvalue weighted by Crippen LogP contribution is 2.27. The van der Waals surface area contributed by atoms with E-state index in [-0.39, 0.29) is 0 Å². The van der Waals surface area contributed by atoms with Gasteiger partial charge in [-0.1, -0.05) is 12.1 Å². The number of nitrogen functional groups attached to an aromatic ring is 1. The van der Waals surface area contributed by atoms with Crippen molar-refractivity contribution < 1.29 is 0 Å². The summed E-state index contributed by atoms with van der Waals surface area (Å²) in [4.78, 5) is 13.5. The monoisotopic (exact) mass is 370 g/mol. The van der Waals surface area contributed by atoms with E-state index in [1.807, 2.05) is 29.8 Å². The quantitative estimate of drug-likeness (QED) is 0.530. The van der Waals surface area contributed by atoms with Gasteiger partial charge < -0.3 is 11.1 Å². The standard InChI is InChI=1S/C20H18N8/c1-12-7-14(3-4-16(12)22)11-28-19-15(10-25-28)18(26-20(23-2)27-19)17-8-13(9-21)5-6-24-17/h3-8,10H,11,22H2,1-2H3,(H,23,26,27). The topological polar surface area (TPSA) is 118 Å². The highest BCUT2D eigenvalue weighted by atomic mass is 15.3. The van der Waals surface area contributed by atoms with E-state index in [9.17, 15) is 5.26 Å². The van der Waals surface area contributed by atoms with Gasteiger partial charge in [-0.15, -0.1) is 0 Å². The molecule has 4 rings (SSSR count). The number of anilines is 2. The number of hydrogen-bond donors (Lipinski definition) is 2. The first-order chi connectivity index (χ1) is 13.6. The minimum absolute atomic E-state index is 0.460. The molecule has 8 nitrogen and oxygen atoms in total. The van der Waals surface area contributed by atoms with Crippen molar-refractivity contribution in [2.75, 3.05) is 18.1 Å². The smallest absolute Gasteiger partial charge is 0.225 e. The molecule has 0 amide bonds. The van der Waals surface area contributed by atoms with Crippen molar-refractivity contribution >= 4 is 22.7 Å². The Balaban J connectivity index is 1.84. The van der Waals surface area contributed by atoms with Crippen LogP contribution in [0.1, 0.15) is 16.7 Å². The average molecular weight is 370 g/mol. The molecule has 4 aromatic rings. The maximum atomic E-state index is 9.18. The van der Waals surface area contributed by atoms with Crippen LogP contribution in [-0.4, -0.2) is 31.8 Å². The number of hydrogen-bond acceptors (Lipinski definition) is 7. The third-order valence-electron chi connectivity index (χ3n) is 4.52. The summed E-state index contributed by atoms with van der Waals surface area (Å²) in [7, 11) is 1.76. The third-order valence-corrected chi connectivity index (χ3v) is 4.52. The van der Waals surface area contributed by atoms with Crippen LogP contribution < -0.4 is 11.1 Å². The molecule has 3 N–H and O–H groups in total. The predicted octanol–water partition coefficient (Wildman–Crippen LogP) is 2.74. The molecule has 8 heteroatoms. The highest BCUT2D eigenvalue weighted by Gasteiger charge is 2.16. The van der Waals surface area contributed by atoms with Crippen LogP contribution in [0.3, 0.4) is 0 Å². The molecule has 0 saturated heterocycles. The second-order valence-electron chi connectivity index (χ2n) is 6.42. The second kappa shape index (κ2) is 6.96. The minimum atomic E-state index is 0.460. The Hall–Kier alpha value is -3.99. The Kier molecular flexibility index (Phi) is 4.33. The van der Waals surface area contributed by atoms with Gasteiger partial charge in [-0.25, -0.2) is 9.67 Å². The van der Waals surface area contributed by atoms with Crippen LogP contribution in [0.4, 0.5) is 11.6 Å². The Morgan fingerprint density at radius 3 is 2.82 bits per heavy atom. The van der Waals surface area contributed by atoms with Gasteiger partial charge in [0.2, 0.25) is 5.95 Å². The summed E-state index contributed by atoms with van der Waals surface area (Å²) in [5, 5.41) is 17.4. The molecule has 0 bridgehead atoms. The van der Waals surface area contributed by atoms with Crippen molar-refractivity contribution in [2.45, 2.75) is 13.5 Å². The molecule has 138 valence electrons. The fraction of sp³-hybridized carbons (Fsp3) is 0.150. The maximum absolute atomic E-state index is 9.18. The van der Waals surface area contributed by atoms with Crippen molar-refractivity contribution in [1.29, 1.82) is 5.26 Å². The molecule has 3 heterocycles. The van der Waals surface area contributed by atoms with Gasteiger partial charge in [0, 0.05) is 18.9 Å². The van der Waals surface area contributed by atoms with E-state index < -0.39 is 0 Å². The molecule has 0 aliphatic rings. The molecule has 0 spiro atoms. The fourth-order valence-corrected chi connectivity index (χ4v) is 3.02.